The van der Waals surface area contributed by atoms with E-state index in [1.54, 1.807) is 13.8 Å². The van der Waals surface area contributed by atoms with Crippen molar-refractivity contribution in [2.45, 2.75) is 45.8 Å². The molecule has 0 rings (SSSR count). The monoisotopic (exact) mass is 183 g/mol. The van der Waals surface area contributed by atoms with E-state index in [1.807, 2.05) is 6.92 Å². The molecule has 0 radical (unpaired) electrons. The normalized spacial score (nSPS) is 16.2. The molecule has 0 saturated heterocycles. The number of nitrogens with two attached hydrogens (primary N) is 1. The lowest BCUT2D eigenvalue weighted by Gasteiger charge is -2.27. The van der Waals surface area contributed by atoms with Gasteiger partial charge in [-0.15, -0.1) is 0 Å². The minimum Gasteiger partial charge on any atom is -0.320 e. The van der Waals surface area contributed by atoms with Crippen LogP contribution in [0.25, 0.3) is 0 Å². The molecule has 4 heteroatoms. The van der Waals surface area contributed by atoms with Crippen LogP contribution in [0.5, 0.6) is 0 Å². The Kier molecular flexibility index (Phi) is 3.57. The van der Waals surface area contributed by atoms with Gasteiger partial charge in [0.25, 0.3) is 0 Å². The molecule has 0 aromatic heterocycles. The summed E-state index contributed by atoms with van der Waals surface area (Å²) in [6, 6.07) is -1.69. The van der Waals surface area contributed by atoms with Crippen molar-refractivity contribution in [2.24, 2.45) is 11.1 Å². The molecule has 0 aliphatic heterocycles. The molecule has 0 fully saturated rings. The zero-order valence-electron chi connectivity index (χ0n) is 7.70. The molecular formula is C8H16F3N. The van der Waals surface area contributed by atoms with Crippen molar-refractivity contribution in [1.29, 1.82) is 0 Å². The number of hydrogen-bond donors (Lipinski definition) is 1. The van der Waals surface area contributed by atoms with Gasteiger partial charge in [0.15, 0.2) is 0 Å². The predicted molar refractivity (Wildman–Crippen MR) is 42.7 cm³/mol. The zero-order chi connectivity index (χ0) is 9.99. The summed E-state index contributed by atoms with van der Waals surface area (Å²) in [6.45, 7) is 5.44. The molecule has 0 aliphatic rings. The first-order valence-corrected chi connectivity index (χ1v) is 4.01. The standard InChI is InChI=1S/C8H16F3N/c1-4-7(2,3)5-6(12)8(9,10)11/h6H,4-5,12H2,1-3H3. The van der Waals surface area contributed by atoms with Gasteiger partial charge in [-0.1, -0.05) is 27.2 Å². The SMILES string of the molecule is CCC(C)(C)CC(N)C(F)(F)F. The highest BCUT2D eigenvalue weighted by atomic mass is 19.4. The highest BCUT2D eigenvalue weighted by Gasteiger charge is 2.39. The van der Waals surface area contributed by atoms with Gasteiger partial charge in [0.05, 0.1) is 0 Å². The zero-order valence-corrected chi connectivity index (χ0v) is 7.70. The molecule has 1 nitrogen and oxygen atoms in total. The van der Waals surface area contributed by atoms with Gasteiger partial charge in [-0.2, -0.15) is 13.2 Å². The molecule has 1 atom stereocenters. The Hall–Kier alpha value is -0.250. The van der Waals surface area contributed by atoms with E-state index < -0.39 is 12.2 Å². The second-order valence-corrected chi connectivity index (χ2v) is 3.87. The van der Waals surface area contributed by atoms with Crippen molar-refractivity contribution in [3.05, 3.63) is 0 Å². The highest BCUT2D eigenvalue weighted by Crippen LogP contribution is 2.31. The third kappa shape index (κ3) is 3.95. The van der Waals surface area contributed by atoms with Crippen molar-refractivity contribution >= 4 is 0 Å². The van der Waals surface area contributed by atoms with E-state index in [0.29, 0.717) is 6.42 Å². The summed E-state index contributed by atoms with van der Waals surface area (Å²) in [5, 5.41) is 0. The van der Waals surface area contributed by atoms with E-state index in [1.165, 1.54) is 0 Å². The fraction of sp³-hybridized carbons (Fsp3) is 1.00. The average molecular weight is 183 g/mol. The number of alkyl halides is 3. The topological polar surface area (TPSA) is 26.0 Å². The average Bonchev–Trinajstić information content (AvgIpc) is 1.85. The quantitative estimate of drug-likeness (QED) is 0.715. The summed E-state index contributed by atoms with van der Waals surface area (Å²) in [5.41, 5.74) is 4.66. The molecule has 0 saturated carbocycles. The summed E-state index contributed by atoms with van der Waals surface area (Å²) in [5.74, 6) is 0. The minimum absolute atomic E-state index is 0.00694. The van der Waals surface area contributed by atoms with E-state index >= 15 is 0 Å². The third-order valence-corrected chi connectivity index (χ3v) is 2.15. The van der Waals surface area contributed by atoms with Crippen LogP contribution in [-0.4, -0.2) is 12.2 Å². The van der Waals surface area contributed by atoms with Gasteiger partial charge in [0.1, 0.15) is 6.04 Å². The van der Waals surface area contributed by atoms with Gasteiger partial charge in [-0.25, -0.2) is 0 Å². The lowest BCUT2D eigenvalue weighted by Crippen LogP contribution is -2.40. The molecule has 12 heavy (non-hydrogen) atoms. The first-order chi connectivity index (χ1) is 5.19. The second-order valence-electron chi connectivity index (χ2n) is 3.87. The maximum Gasteiger partial charge on any atom is 0.403 e. The van der Waals surface area contributed by atoms with E-state index in [-0.39, 0.29) is 11.8 Å². The molecule has 0 aromatic carbocycles. The van der Waals surface area contributed by atoms with Crippen molar-refractivity contribution in [3.8, 4) is 0 Å². The highest BCUT2D eigenvalue weighted by molar-refractivity contribution is 4.79. The van der Waals surface area contributed by atoms with Crippen LogP contribution in [0.4, 0.5) is 13.2 Å². The smallest absolute Gasteiger partial charge is 0.320 e. The van der Waals surface area contributed by atoms with Crippen LogP contribution in [0.1, 0.15) is 33.6 Å². The Morgan fingerprint density at radius 3 is 1.92 bits per heavy atom. The van der Waals surface area contributed by atoms with Crippen LogP contribution < -0.4 is 5.73 Å². The predicted octanol–water partition coefficient (Wildman–Crippen LogP) is 2.70. The van der Waals surface area contributed by atoms with E-state index in [0.717, 1.165) is 0 Å². The molecule has 0 aromatic rings. The fourth-order valence-corrected chi connectivity index (χ4v) is 0.855. The first kappa shape index (κ1) is 11.8. The Bertz CT molecular complexity index is 140. The van der Waals surface area contributed by atoms with Crippen LogP contribution in [0, 0.1) is 5.41 Å². The van der Waals surface area contributed by atoms with Gasteiger partial charge in [-0.05, 0) is 11.8 Å². The molecule has 0 heterocycles. The van der Waals surface area contributed by atoms with Crippen molar-refractivity contribution in [2.75, 3.05) is 0 Å². The van der Waals surface area contributed by atoms with Crippen molar-refractivity contribution < 1.29 is 13.2 Å². The van der Waals surface area contributed by atoms with Gasteiger partial charge in [-0.3, -0.25) is 0 Å². The number of halogens is 3. The molecule has 1 unspecified atom stereocenters. The van der Waals surface area contributed by atoms with Crippen LogP contribution in [0.15, 0.2) is 0 Å². The first-order valence-electron chi connectivity index (χ1n) is 4.01. The van der Waals surface area contributed by atoms with E-state index in [2.05, 4.69) is 0 Å². The van der Waals surface area contributed by atoms with Crippen LogP contribution in [0.2, 0.25) is 0 Å². The summed E-state index contributed by atoms with van der Waals surface area (Å²) >= 11 is 0. The third-order valence-electron chi connectivity index (χ3n) is 2.15. The molecule has 2 N–H and O–H groups in total. The molecule has 0 amide bonds. The fourth-order valence-electron chi connectivity index (χ4n) is 0.855. The van der Waals surface area contributed by atoms with Gasteiger partial charge < -0.3 is 5.73 Å². The summed E-state index contributed by atoms with van der Waals surface area (Å²) in [7, 11) is 0. The number of hydrogen-bond acceptors (Lipinski definition) is 1. The van der Waals surface area contributed by atoms with Gasteiger partial charge in [0.2, 0.25) is 0 Å². The molecule has 74 valence electrons. The van der Waals surface area contributed by atoms with E-state index in [4.69, 9.17) is 5.73 Å². The van der Waals surface area contributed by atoms with Crippen LogP contribution in [-0.2, 0) is 0 Å². The van der Waals surface area contributed by atoms with Crippen molar-refractivity contribution in [3.63, 3.8) is 0 Å². The Labute approximate surface area is 71.1 Å². The maximum atomic E-state index is 12.0. The van der Waals surface area contributed by atoms with E-state index in [9.17, 15) is 13.2 Å². The Balaban J connectivity index is 4.09. The Morgan fingerprint density at radius 1 is 1.25 bits per heavy atom. The maximum absolute atomic E-state index is 12.0. The second kappa shape index (κ2) is 3.64. The van der Waals surface area contributed by atoms with Gasteiger partial charge >= 0.3 is 6.18 Å². The largest absolute Gasteiger partial charge is 0.403 e. The summed E-state index contributed by atoms with van der Waals surface area (Å²) in [6.07, 6.45) is -3.56. The lowest BCUT2D eigenvalue weighted by atomic mass is 9.83. The Morgan fingerprint density at radius 2 is 1.67 bits per heavy atom. The van der Waals surface area contributed by atoms with Crippen LogP contribution in [0.3, 0.4) is 0 Å². The lowest BCUT2D eigenvalue weighted by molar-refractivity contribution is -0.154. The number of rotatable bonds is 3. The summed E-state index contributed by atoms with van der Waals surface area (Å²) < 4.78 is 36.0. The molecule has 0 spiro atoms. The van der Waals surface area contributed by atoms with Crippen LogP contribution >= 0.6 is 0 Å². The summed E-state index contributed by atoms with van der Waals surface area (Å²) in [4.78, 5) is 0. The van der Waals surface area contributed by atoms with Gasteiger partial charge in [0, 0.05) is 0 Å². The molecule has 0 bridgehead atoms. The molecule has 0 aliphatic carbocycles. The van der Waals surface area contributed by atoms with Crippen molar-refractivity contribution in [1.82, 2.24) is 0 Å². The minimum atomic E-state index is -4.26. The molecular weight excluding hydrogens is 167 g/mol.